The summed E-state index contributed by atoms with van der Waals surface area (Å²) in [6.07, 6.45) is 3.36. The second-order valence-corrected chi connectivity index (χ2v) is 12.9. The van der Waals surface area contributed by atoms with Crippen molar-refractivity contribution in [2.45, 2.75) is 63.8 Å². The summed E-state index contributed by atoms with van der Waals surface area (Å²) in [5.74, 6) is -3.79. The van der Waals surface area contributed by atoms with E-state index in [-0.39, 0.29) is 26.1 Å². The lowest BCUT2D eigenvalue weighted by molar-refractivity contribution is -0.207. The quantitative estimate of drug-likeness (QED) is 0.157. The number of piperidine rings is 2. The van der Waals surface area contributed by atoms with Crippen molar-refractivity contribution in [1.82, 2.24) is 25.1 Å². The van der Waals surface area contributed by atoms with Crippen molar-refractivity contribution in [1.29, 1.82) is 0 Å². The number of ether oxygens (including phenoxy) is 3. The number of pyridine rings is 2. The van der Waals surface area contributed by atoms with Gasteiger partial charge in [-0.2, -0.15) is 0 Å². The van der Waals surface area contributed by atoms with Crippen molar-refractivity contribution in [2.75, 3.05) is 40.9 Å². The number of alkyl carbamates (subject to hydrolysis) is 1. The molecule has 0 radical (unpaired) electrons. The fourth-order valence-electron chi connectivity index (χ4n) is 7.05. The lowest BCUT2D eigenvalue weighted by Gasteiger charge is -2.61. The second kappa shape index (κ2) is 14.1. The maximum absolute atomic E-state index is 15.1. The Morgan fingerprint density at radius 3 is 1.85 bits per heavy atom. The Morgan fingerprint density at radius 1 is 0.936 bits per heavy atom. The predicted molar refractivity (Wildman–Crippen MR) is 167 cm³/mol. The van der Waals surface area contributed by atoms with Gasteiger partial charge >= 0.3 is 24.0 Å². The van der Waals surface area contributed by atoms with Crippen molar-refractivity contribution < 1.29 is 43.3 Å². The van der Waals surface area contributed by atoms with Gasteiger partial charge in [0.2, 0.25) is 0 Å². The van der Waals surface area contributed by atoms with Crippen LogP contribution in [0.4, 0.5) is 4.79 Å². The number of likely N-dealkylation sites (tertiary alicyclic amines) is 2. The van der Waals surface area contributed by atoms with Crippen LogP contribution in [0.3, 0.4) is 0 Å². The van der Waals surface area contributed by atoms with Crippen LogP contribution < -0.4 is 5.32 Å². The minimum absolute atomic E-state index is 0.0897. The minimum atomic E-state index is -2.07. The van der Waals surface area contributed by atoms with Gasteiger partial charge in [-0.25, -0.2) is 4.79 Å². The summed E-state index contributed by atoms with van der Waals surface area (Å²) in [5.41, 5.74) is -4.09. The molecule has 2 N–H and O–H groups in total. The summed E-state index contributed by atoms with van der Waals surface area (Å²) in [4.78, 5) is 80.3. The van der Waals surface area contributed by atoms with Crippen LogP contribution in [0.2, 0.25) is 0 Å². The summed E-state index contributed by atoms with van der Waals surface area (Å²) in [6, 6.07) is 6.82. The highest BCUT2D eigenvalue weighted by Gasteiger charge is 2.75. The molecule has 0 aliphatic carbocycles. The molecular weight excluding hydrogens is 610 g/mol. The number of hydrogen-bond donors (Lipinski definition) is 2. The van der Waals surface area contributed by atoms with Crippen LogP contribution in [-0.2, 0) is 33.4 Å². The molecule has 2 bridgehead atoms. The van der Waals surface area contributed by atoms with Crippen molar-refractivity contribution in [3.63, 3.8) is 0 Å². The summed E-state index contributed by atoms with van der Waals surface area (Å²) in [7, 11) is 3.98. The normalized spacial score (nSPS) is 25.4. The van der Waals surface area contributed by atoms with E-state index >= 15 is 4.79 Å². The number of fused-ring (bicyclic) bond motifs is 2. The Kier molecular flexibility index (Phi) is 10.7. The number of carboxylic acids is 1. The molecule has 2 aromatic heterocycles. The van der Waals surface area contributed by atoms with Gasteiger partial charge in [0.25, 0.3) is 0 Å². The van der Waals surface area contributed by atoms with Gasteiger partial charge in [0.15, 0.2) is 16.6 Å². The zero-order valence-electron chi connectivity index (χ0n) is 27.6. The van der Waals surface area contributed by atoms with E-state index in [9.17, 15) is 24.3 Å². The standard InChI is InChI=1S/C33H43N5O9/c1-31(2,3)47-30(44)36-18-12-9-15-23(26(39)40)38-19-32(28(42)45-5)24(21-13-7-10-16-34-21)37(4)25(22-14-8-11-17-35-22)33(20-38,27(32)41)29(43)46-6/h7-8,10-11,13-14,16-17,23-25H,9,12,15,18-20H2,1-6H3,(H,36,44)(H,39,40)/t23-,24-,25+,32?,33?/m0/s1. The second-order valence-electron chi connectivity index (χ2n) is 12.9. The first kappa shape index (κ1) is 35.4. The van der Waals surface area contributed by atoms with Crippen LogP contribution >= 0.6 is 0 Å². The number of carbonyl (C=O) groups is 5. The third-order valence-electron chi connectivity index (χ3n) is 8.80. The molecule has 0 aromatic carbocycles. The van der Waals surface area contributed by atoms with E-state index in [4.69, 9.17) is 14.2 Å². The lowest BCUT2D eigenvalue weighted by Crippen LogP contribution is -2.76. The summed E-state index contributed by atoms with van der Waals surface area (Å²) < 4.78 is 15.8. The number of carbonyl (C=O) groups excluding carboxylic acids is 4. The van der Waals surface area contributed by atoms with E-state index in [0.29, 0.717) is 24.2 Å². The molecule has 2 unspecified atom stereocenters. The molecule has 47 heavy (non-hydrogen) atoms. The number of amides is 1. The van der Waals surface area contributed by atoms with Gasteiger partial charge in [-0.05, 0) is 71.3 Å². The highest BCUT2D eigenvalue weighted by molar-refractivity contribution is 6.17. The molecule has 0 spiro atoms. The molecule has 14 nitrogen and oxygen atoms in total. The lowest BCUT2D eigenvalue weighted by atomic mass is 9.54. The van der Waals surface area contributed by atoms with E-state index in [1.807, 2.05) is 0 Å². The summed E-state index contributed by atoms with van der Waals surface area (Å²) >= 11 is 0. The highest BCUT2D eigenvalue weighted by atomic mass is 16.6. The number of unbranched alkanes of at least 4 members (excludes halogenated alkanes) is 1. The molecule has 2 aromatic rings. The van der Waals surface area contributed by atoms with Crippen molar-refractivity contribution in [2.24, 2.45) is 10.8 Å². The van der Waals surface area contributed by atoms with E-state index in [2.05, 4.69) is 15.3 Å². The Bertz CT molecular complexity index is 1390. The SMILES string of the molecule is COC(=O)C12CN([C@@H](CCCCNC(=O)OC(C)(C)C)C(=O)O)CC(C(=O)OC)(C1=O)[C@@H](c1ccccn1)N(C)[C@H]2c1ccccn1. The van der Waals surface area contributed by atoms with Gasteiger partial charge in [-0.15, -0.1) is 0 Å². The zero-order chi connectivity index (χ0) is 34.6. The van der Waals surface area contributed by atoms with Gasteiger partial charge in [0, 0.05) is 32.0 Å². The van der Waals surface area contributed by atoms with Gasteiger partial charge in [-0.3, -0.25) is 38.9 Å². The topological polar surface area (TPSA) is 178 Å². The third kappa shape index (κ3) is 6.70. The number of nitrogens with one attached hydrogen (secondary N) is 1. The molecular formula is C33H43N5O9. The molecule has 2 aliphatic heterocycles. The number of esters is 2. The largest absolute Gasteiger partial charge is 0.480 e. The van der Waals surface area contributed by atoms with E-state index in [0.717, 1.165) is 14.2 Å². The van der Waals surface area contributed by atoms with Gasteiger partial charge < -0.3 is 24.6 Å². The van der Waals surface area contributed by atoms with Crippen LogP contribution in [0.25, 0.3) is 0 Å². The molecule has 14 heteroatoms. The maximum atomic E-state index is 15.1. The number of ketones is 1. The Labute approximate surface area is 273 Å². The van der Waals surface area contributed by atoms with Gasteiger partial charge in [0.1, 0.15) is 11.6 Å². The van der Waals surface area contributed by atoms with Crippen LogP contribution in [0.15, 0.2) is 48.8 Å². The molecule has 0 saturated carbocycles. The summed E-state index contributed by atoms with van der Waals surface area (Å²) in [6.45, 7) is 4.78. The highest BCUT2D eigenvalue weighted by Crippen LogP contribution is 2.60. The fraction of sp³-hybridized carbons (Fsp3) is 0.545. The number of Topliss-reactive ketones (excluding diaryl/α,β-unsaturated/α-hetero) is 1. The third-order valence-corrected chi connectivity index (χ3v) is 8.80. The van der Waals surface area contributed by atoms with Crippen LogP contribution in [0, 0.1) is 10.8 Å². The molecule has 2 aliphatic rings. The summed E-state index contributed by atoms with van der Waals surface area (Å²) in [5, 5.41) is 13.2. The monoisotopic (exact) mass is 653 g/mol. The van der Waals surface area contributed by atoms with Crippen LogP contribution in [0.5, 0.6) is 0 Å². The van der Waals surface area contributed by atoms with Crippen LogP contribution in [-0.4, -0.2) is 107 Å². The minimum Gasteiger partial charge on any atom is -0.480 e. The number of hydrogen-bond acceptors (Lipinski definition) is 12. The fourth-order valence-corrected chi connectivity index (χ4v) is 7.05. The Balaban J connectivity index is 1.81. The molecule has 4 rings (SSSR count). The Hall–Kier alpha value is -4.43. The first-order chi connectivity index (χ1) is 22.2. The van der Waals surface area contributed by atoms with Gasteiger partial charge in [-0.1, -0.05) is 12.1 Å². The average molecular weight is 654 g/mol. The number of aliphatic carboxylic acids is 1. The average Bonchev–Trinajstić information content (AvgIpc) is 3.03. The molecule has 254 valence electrons. The van der Waals surface area contributed by atoms with E-state index in [1.54, 1.807) is 69.1 Å². The van der Waals surface area contributed by atoms with E-state index < -0.39 is 64.3 Å². The first-order valence-corrected chi connectivity index (χ1v) is 15.4. The van der Waals surface area contributed by atoms with Crippen molar-refractivity contribution in [3.8, 4) is 0 Å². The molecule has 4 heterocycles. The van der Waals surface area contributed by atoms with Crippen molar-refractivity contribution in [3.05, 3.63) is 60.2 Å². The first-order valence-electron chi connectivity index (χ1n) is 15.4. The smallest absolute Gasteiger partial charge is 0.407 e. The number of methoxy groups -OCH3 is 2. The number of rotatable bonds is 11. The predicted octanol–water partition coefficient (Wildman–Crippen LogP) is 2.56. The van der Waals surface area contributed by atoms with Crippen LogP contribution in [0.1, 0.15) is 63.5 Å². The molecule has 5 atom stereocenters. The van der Waals surface area contributed by atoms with Gasteiger partial charge in [0.05, 0.1) is 37.7 Å². The number of carboxylic acid groups (broad SMARTS) is 1. The number of aromatic nitrogens is 2. The number of nitrogens with zero attached hydrogens (tertiary/aromatic N) is 4. The van der Waals surface area contributed by atoms with E-state index in [1.165, 1.54) is 17.3 Å². The Morgan fingerprint density at radius 2 is 1.45 bits per heavy atom. The zero-order valence-corrected chi connectivity index (χ0v) is 27.6. The molecule has 2 saturated heterocycles. The maximum Gasteiger partial charge on any atom is 0.407 e. The molecule has 1 amide bonds. The molecule has 2 fully saturated rings. The van der Waals surface area contributed by atoms with Crippen molar-refractivity contribution >= 4 is 29.8 Å².